The highest BCUT2D eigenvalue weighted by Gasteiger charge is 2.39. The van der Waals surface area contributed by atoms with Crippen molar-refractivity contribution in [2.75, 3.05) is 39.9 Å². The quantitative estimate of drug-likeness (QED) is 0.355. The molecule has 1 saturated heterocycles. The second-order valence-corrected chi connectivity index (χ2v) is 9.53. The van der Waals surface area contributed by atoms with Gasteiger partial charge in [0.25, 0.3) is 5.91 Å². The van der Waals surface area contributed by atoms with Crippen LogP contribution in [0.2, 0.25) is 0 Å². The Labute approximate surface area is 227 Å². The van der Waals surface area contributed by atoms with E-state index in [0.29, 0.717) is 28.9 Å². The Bertz CT molecular complexity index is 1510. The van der Waals surface area contributed by atoms with E-state index in [2.05, 4.69) is 10.1 Å². The van der Waals surface area contributed by atoms with Crippen molar-refractivity contribution in [2.45, 2.75) is 19.1 Å². The topological polar surface area (TPSA) is 83.2 Å². The molecule has 1 N–H and O–H groups in total. The normalized spacial score (nSPS) is 15.4. The minimum Gasteiger partial charge on any atom is -0.497 e. The number of ether oxygens (including phenoxy) is 1. The predicted molar refractivity (Wildman–Crippen MR) is 138 cm³/mol. The van der Waals surface area contributed by atoms with Gasteiger partial charge in [0.05, 0.1) is 31.6 Å². The van der Waals surface area contributed by atoms with Gasteiger partial charge in [-0.05, 0) is 48.9 Å². The summed E-state index contributed by atoms with van der Waals surface area (Å²) in [7, 11) is 1.49. The van der Waals surface area contributed by atoms with Crippen LogP contribution in [0.5, 0.6) is 5.75 Å². The fourth-order valence-corrected chi connectivity index (χ4v) is 5.11. The fraction of sp³-hybridized carbons (Fsp3) is 0.321. The lowest BCUT2D eigenvalue weighted by atomic mass is 10.0. The second kappa shape index (κ2) is 10.9. The van der Waals surface area contributed by atoms with Crippen molar-refractivity contribution in [3.05, 3.63) is 82.9 Å². The molecular weight excluding hydrogens is 530 g/mol. The Morgan fingerprint density at radius 2 is 1.70 bits per heavy atom. The largest absolute Gasteiger partial charge is 0.497 e. The SMILES string of the molecule is COc1ccc(-c2nc3c(C(=O)N4CCN([C@H](CO)c5ccc(F)cc5)CC4)cnn3c(C(F)(F)F)c2C)cc1. The fourth-order valence-electron chi connectivity index (χ4n) is 5.11. The summed E-state index contributed by atoms with van der Waals surface area (Å²) in [4.78, 5) is 21.5. The van der Waals surface area contributed by atoms with Crippen molar-refractivity contribution >= 4 is 11.6 Å². The molecule has 0 aliphatic carbocycles. The van der Waals surface area contributed by atoms with E-state index in [4.69, 9.17) is 4.74 Å². The minimum absolute atomic E-state index is 0.0362. The number of rotatable bonds is 6. The first-order valence-electron chi connectivity index (χ1n) is 12.6. The van der Waals surface area contributed by atoms with E-state index in [1.807, 2.05) is 4.90 Å². The number of amides is 1. The van der Waals surface area contributed by atoms with Crippen molar-refractivity contribution in [3.63, 3.8) is 0 Å². The first kappa shape index (κ1) is 27.5. The van der Waals surface area contributed by atoms with E-state index in [1.54, 1.807) is 36.4 Å². The number of aliphatic hydroxyl groups is 1. The lowest BCUT2D eigenvalue weighted by molar-refractivity contribution is -0.143. The molecule has 0 spiro atoms. The molecule has 40 heavy (non-hydrogen) atoms. The Morgan fingerprint density at radius 3 is 2.27 bits per heavy atom. The number of alkyl halides is 3. The van der Waals surface area contributed by atoms with Gasteiger partial charge < -0.3 is 14.7 Å². The number of halogens is 4. The van der Waals surface area contributed by atoms with E-state index in [0.717, 1.165) is 11.8 Å². The molecule has 1 aliphatic rings. The maximum absolute atomic E-state index is 14.2. The van der Waals surface area contributed by atoms with Crippen molar-refractivity contribution in [2.24, 2.45) is 0 Å². The molecule has 0 saturated carbocycles. The summed E-state index contributed by atoms with van der Waals surface area (Å²) < 4.78 is 61.8. The monoisotopic (exact) mass is 557 g/mol. The summed E-state index contributed by atoms with van der Waals surface area (Å²) in [6, 6.07) is 12.0. The molecule has 1 fully saturated rings. The van der Waals surface area contributed by atoms with Gasteiger partial charge in [0.15, 0.2) is 11.3 Å². The lowest BCUT2D eigenvalue weighted by Crippen LogP contribution is -2.50. The van der Waals surface area contributed by atoms with Gasteiger partial charge in [0.2, 0.25) is 0 Å². The number of methoxy groups -OCH3 is 1. The third-order valence-electron chi connectivity index (χ3n) is 7.22. The zero-order valence-corrected chi connectivity index (χ0v) is 21.8. The van der Waals surface area contributed by atoms with E-state index in [-0.39, 0.29) is 54.0 Å². The predicted octanol–water partition coefficient (Wildman–Crippen LogP) is 4.36. The zero-order valence-electron chi connectivity index (χ0n) is 21.8. The molecule has 1 aliphatic heterocycles. The van der Waals surface area contributed by atoms with Crippen molar-refractivity contribution in [3.8, 4) is 17.0 Å². The Balaban J connectivity index is 1.45. The molecule has 0 bridgehead atoms. The van der Waals surface area contributed by atoms with Crippen LogP contribution in [0.4, 0.5) is 17.6 Å². The number of carbonyl (C=O) groups excluding carboxylic acids is 1. The summed E-state index contributed by atoms with van der Waals surface area (Å²) in [5.41, 5.74) is -0.0606. The number of carbonyl (C=O) groups is 1. The van der Waals surface area contributed by atoms with Crippen LogP contribution in [0.1, 0.15) is 33.2 Å². The molecular formula is C28H27F4N5O3. The number of aliphatic hydroxyl groups excluding tert-OH is 1. The van der Waals surface area contributed by atoms with Crippen molar-refractivity contribution in [1.82, 2.24) is 24.4 Å². The van der Waals surface area contributed by atoms with Gasteiger partial charge in [0.1, 0.15) is 17.1 Å². The highest BCUT2D eigenvalue weighted by atomic mass is 19.4. The van der Waals surface area contributed by atoms with Crippen LogP contribution in [0.15, 0.2) is 54.7 Å². The van der Waals surface area contributed by atoms with E-state index in [9.17, 15) is 27.5 Å². The molecule has 2 aromatic heterocycles. The Morgan fingerprint density at radius 1 is 1.05 bits per heavy atom. The number of piperazine rings is 1. The molecule has 3 heterocycles. The summed E-state index contributed by atoms with van der Waals surface area (Å²) in [6.07, 6.45) is -3.62. The molecule has 210 valence electrons. The summed E-state index contributed by atoms with van der Waals surface area (Å²) in [5, 5.41) is 13.9. The number of hydrogen-bond acceptors (Lipinski definition) is 6. The maximum atomic E-state index is 14.2. The lowest BCUT2D eigenvalue weighted by Gasteiger charge is -2.38. The first-order valence-corrected chi connectivity index (χ1v) is 12.6. The van der Waals surface area contributed by atoms with Crippen molar-refractivity contribution < 1.29 is 32.2 Å². The summed E-state index contributed by atoms with van der Waals surface area (Å²) in [6.45, 7) is 2.51. The van der Waals surface area contributed by atoms with Crippen LogP contribution in [0.25, 0.3) is 16.9 Å². The van der Waals surface area contributed by atoms with Crippen molar-refractivity contribution in [1.29, 1.82) is 0 Å². The molecule has 4 aromatic rings. The van der Waals surface area contributed by atoms with E-state index in [1.165, 1.54) is 31.1 Å². The summed E-state index contributed by atoms with van der Waals surface area (Å²) >= 11 is 0. The molecule has 0 radical (unpaired) electrons. The molecule has 5 rings (SSSR count). The molecule has 2 aromatic carbocycles. The molecule has 1 atom stereocenters. The van der Waals surface area contributed by atoms with Gasteiger partial charge in [-0.3, -0.25) is 9.69 Å². The van der Waals surface area contributed by atoms with E-state index >= 15 is 0 Å². The van der Waals surface area contributed by atoms with E-state index < -0.39 is 17.8 Å². The van der Waals surface area contributed by atoms with Crippen LogP contribution >= 0.6 is 0 Å². The smallest absolute Gasteiger partial charge is 0.433 e. The van der Waals surface area contributed by atoms with Gasteiger partial charge in [-0.1, -0.05) is 12.1 Å². The highest BCUT2D eigenvalue weighted by molar-refractivity contribution is 6.00. The number of nitrogens with zero attached hydrogens (tertiary/aromatic N) is 5. The number of fused-ring (bicyclic) bond motifs is 1. The number of aromatic nitrogens is 3. The van der Waals surface area contributed by atoms with Gasteiger partial charge in [0, 0.05) is 37.3 Å². The maximum Gasteiger partial charge on any atom is 0.433 e. The molecule has 8 nitrogen and oxygen atoms in total. The Kier molecular flexibility index (Phi) is 7.47. The highest BCUT2D eigenvalue weighted by Crippen LogP contribution is 2.37. The average Bonchev–Trinajstić information content (AvgIpc) is 3.36. The van der Waals surface area contributed by atoms with Gasteiger partial charge >= 0.3 is 6.18 Å². The molecule has 1 amide bonds. The second-order valence-electron chi connectivity index (χ2n) is 9.53. The first-order chi connectivity index (χ1) is 19.1. The minimum atomic E-state index is -4.75. The third kappa shape index (κ3) is 5.11. The average molecular weight is 558 g/mol. The zero-order chi connectivity index (χ0) is 28.6. The van der Waals surface area contributed by atoms with Crippen LogP contribution in [0, 0.1) is 12.7 Å². The number of benzene rings is 2. The van der Waals surface area contributed by atoms with Gasteiger partial charge in [-0.2, -0.15) is 18.3 Å². The number of hydrogen-bond donors (Lipinski definition) is 1. The summed E-state index contributed by atoms with van der Waals surface area (Å²) in [5.74, 6) is -0.320. The molecule has 0 unspecified atom stereocenters. The van der Waals surface area contributed by atoms with Crippen LogP contribution < -0.4 is 4.74 Å². The van der Waals surface area contributed by atoms with Crippen LogP contribution in [0.3, 0.4) is 0 Å². The Hall–Kier alpha value is -4.03. The van der Waals surface area contributed by atoms with Gasteiger partial charge in [-0.15, -0.1) is 0 Å². The van der Waals surface area contributed by atoms with Crippen LogP contribution in [-0.4, -0.2) is 75.3 Å². The third-order valence-corrected chi connectivity index (χ3v) is 7.22. The van der Waals surface area contributed by atoms with Crippen LogP contribution in [-0.2, 0) is 6.18 Å². The van der Waals surface area contributed by atoms with Gasteiger partial charge in [-0.25, -0.2) is 13.9 Å². The standard InChI is InChI=1S/C28H27F4N5O3/c1-17-24(19-5-9-21(40-2)10-6-19)34-26-22(15-33-37(26)25(17)28(30,31)32)27(39)36-13-11-35(12-14-36)23(16-38)18-3-7-20(29)8-4-18/h3-10,15,23,38H,11-14,16H2,1-2H3/t23-/m1/s1. The molecule has 12 heteroatoms.